The Bertz CT molecular complexity index is 1020. The number of hydrogen-bond donors (Lipinski definition) is 1. The van der Waals surface area contributed by atoms with Crippen LogP contribution in [-0.2, 0) is 22.5 Å². The Morgan fingerprint density at radius 2 is 1.66 bits per heavy atom. The van der Waals surface area contributed by atoms with Gasteiger partial charge in [0.15, 0.2) is 0 Å². The number of benzene rings is 2. The molecular formula is C24H26N2O3. The third kappa shape index (κ3) is 4.40. The van der Waals surface area contributed by atoms with Crippen molar-refractivity contribution in [1.29, 1.82) is 0 Å². The Hall–Kier alpha value is -3.34. The molecule has 0 saturated carbocycles. The maximum Gasteiger partial charge on any atom is 0.305 e. The van der Waals surface area contributed by atoms with E-state index in [0.29, 0.717) is 18.5 Å². The number of nitrogens with two attached hydrogens (primary N) is 1. The number of rotatable bonds is 7. The van der Waals surface area contributed by atoms with Crippen molar-refractivity contribution in [2.24, 2.45) is 5.73 Å². The number of esters is 1. The summed E-state index contributed by atoms with van der Waals surface area (Å²) in [4.78, 5) is 24.3. The first kappa shape index (κ1) is 20.4. The van der Waals surface area contributed by atoms with Crippen LogP contribution in [0.3, 0.4) is 0 Å². The molecule has 3 rings (SSSR count). The zero-order valence-electron chi connectivity index (χ0n) is 17.1. The zero-order chi connectivity index (χ0) is 21.0. The molecule has 0 spiro atoms. The molecule has 0 aliphatic carbocycles. The molecule has 1 heterocycles. The fraction of sp³-hybridized carbons (Fsp3) is 0.250. The van der Waals surface area contributed by atoms with Crippen molar-refractivity contribution >= 4 is 11.9 Å². The first-order valence-corrected chi connectivity index (χ1v) is 9.62. The van der Waals surface area contributed by atoms with E-state index in [-0.39, 0.29) is 12.4 Å². The lowest BCUT2D eigenvalue weighted by atomic mass is 9.97. The second-order valence-electron chi connectivity index (χ2n) is 7.16. The van der Waals surface area contributed by atoms with Gasteiger partial charge in [0.2, 0.25) is 0 Å². The van der Waals surface area contributed by atoms with Gasteiger partial charge < -0.3 is 15.0 Å². The molecule has 0 atom stereocenters. The van der Waals surface area contributed by atoms with Gasteiger partial charge in [-0.15, -0.1) is 0 Å². The maximum atomic E-state index is 12.4. The second-order valence-corrected chi connectivity index (χ2v) is 7.16. The smallest absolute Gasteiger partial charge is 0.305 e. The minimum absolute atomic E-state index is 0.228. The van der Waals surface area contributed by atoms with Crippen LogP contribution < -0.4 is 5.73 Å². The van der Waals surface area contributed by atoms with Crippen LogP contribution in [0.2, 0.25) is 0 Å². The molecule has 2 aromatic carbocycles. The van der Waals surface area contributed by atoms with Gasteiger partial charge in [-0.1, -0.05) is 60.2 Å². The van der Waals surface area contributed by atoms with Crippen molar-refractivity contribution in [3.8, 4) is 11.1 Å². The number of hydrogen-bond acceptors (Lipinski definition) is 3. The lowest BCUT2D eigenvalue weighted by molar-refractivity contribution is -0.140. The van der Waals surface area contributed by atoms with Gasteiger partial charge in [0.1, 0.15) is 0 Å². The number of amides is 1. The summed E-state index contributed by atoms with van der Waals surface area (Å²) in [6.07, 6.45) is 0.683. The molecule has 29 heavy (non-hydrogen) atoms. The zero-order valence-corrected chi connectivity index (χ0v) is 17.1. The molecule has 150 valence electrons. The molecule has 0 aliphatic rings. The summed E-state index contributed by atoms with van der Waals surface area (Å²) in [5, 5.41) is 0. The summed E-state index contributed by atoms with van der Waals surface area (Å²) >= 11 is 0. The second kappa shape index (κ2) is 8.78. The molecule has 5 heteroatoms. The highest BCUT2D eigenvalue weighted by atomic mass is 16.5. The van der Waals surface area contributed by atoms with Gasteiger partial charge >= 0.3 is 5.97 Å². The van der Waals surface area contributed by atoms with Crippen LogP contribution in [-0.4, -0.2) is 23.6 Å². The molecule has 0 saturated heterocycles. The van der Waals surface area contributed by atoms with Crippen LogP contribution in [0.25, 0.3) is 11.1 Å². The molecule has 0 unspecified atom stereocenters. The average molecular weight is 390 g/mol. The first-order chi connectivity index (χ1) is 13.9. The molecule has 0 bridgehead atoms. The lowest BCUT2D eigenvalue weighted by Gasteiger charge is -2.13. The third-order valence-electron chi connectivity index (χ3n) is 5.19. The van der Waals surface area contributed by atoms with Gasteiger partial charge in [0, 0.05) is 23.5 Å². The van der Waals surface area contributed by atoms with Crippen LogP contribution in [0.1, 0.15) is 39.3 Å². The minimum atomic E-state index is -0.468. The lowest BCUT2D eigenvalue weighted by Crippen LogP contribution is -2.13. The van der Waals surface area contributed by atoms with Crippen molar-refractivity contribution < 1.29 is 14.3 Å². The average Bonchev–Trinajstić information content (AvgIpc) is 2.99. The van der Waals surface area contributed by atoms with Gasteiger partial charge in [-0.05, 0) is 31.4 Å². The first-order valence-electron chi connectivity index (χ1n) is 9.62. The van der Waals surface area contributed by atoms with E-state index in [1.807, 2.05) is 68.4 Å². The van der Waals surface area contributed by atoms with E-state index in [4.69, 9.17) is 10.5 Å². The topological polar surface area (TPSA) is 74.3 Å². The Morgan fingerprint density at radius 3 is 2.24 bits per heavy atom. The van der Waals surface area contributed by atoms with Gasteiger partial charge in [0.25, 0.3) is 5.91 Å². The van der Waals surface area contributed by atoms with Gasteiger partial charge in [0.05, 0.1) is 19.1 Å². The molecule has 3 aromatic rings. The summed E-state index contributed by atoms with van der Waals surface area (Å²) in [6, 6.07) is 18.0. The minimum Gasteiger partial charge on any atom is -0.469 e. The van der Waals surface area contributed by atoms with Crippen LogP contribution >= 0.6 is 0 Å². The van der Waals surface area contributed by atoms with Crippen molar-refractivity contribution in [3.63, 3.8) is 0 Å². The Balaban J connectivity index is 2.20. The predicted molar refractivity (Wildman–Crippen MR) is 114 cm³/mol. The van der Waals surface area contributed by atoms with Crippen molar-refractivity contribution in [3.05, 3.63) is 82.7 Å². The molecule has 2 N–H and O–H groups in total. The Morgan fingerprint density at radius 1 is 1.00 bits per heavy atom. The van der Waals surface area contributed by atoms with E-state index in [1.165, 1.54) is 7.11 Å². The van der Waals surface area contributed by atoms with Crippen molar-refractivity contribution in [2.45, 2.75) is 33.2 Å². The fourth-order valence-corrected chi connectivity index (χ4v) is 3.69. The molecule has 0 aliphatic heterocycles. The van der Waals surface area contributed by atoms with E-state index < -0.39 is 5.91 Å². The van der Waals surface area contributed by atoms with E-state index in [9.17, 15) is 9.59 Å². The monoisotopic (exact) mass is 390 g/mol. The number of carbonyl (C=O) groups is 2. The summed E-state index contributed by atoms with van der Waals surface area (Å²) in [5.74, 6) is -0.755. The predicted octanol–water partition coefficient (Wildman–Crippen LogP) is 4.02. The number of aromatic nitrogens is 1. The number of methoxy groups -OCH3 is 1. The van der Waals surface area contributed by atoms with Crippen LogP contribution in [0, 0.1) is 13.8 Å². The summed E-state index contributed by atoms with van der Waals surface area (Å²) in [6.45, 7) is 4.51. The number of primary amides is 1. The van der Waals surface area contributed by atoms with Gasteiger partial charge in [-0.25, -0.2) is 0 Å². The van der Waals surface area contributed by atoms with Crippen molar-refractivity contribution in [2.75, 3.05) is 7.11 Å². The molecular weight excluding hydrogens is 364 g/mol. The van der Waals surface area contributed by atoms with Gasteiger partial charge in [-0.3, -0.25) is 9.59 Å². The highest BCUT2D eigenvalue weighted by Crippen LogP contribution is 2.34. The van der Waals surface area contributed by atoms with Crippen LogP contribution in [0.5, 0.6) is 0 Å². The third-order valence-corrected chi connectivity index (χ3v) is 5.19. The highest BCUT2D eigenvalue weighted by molar-refractivity contribution is 6.02. The fourth-order valence-electron chi connectivity index (χ4n) is 3.69. The summed E-state index contributed by atoms with van der Waals surface area (Å²) in [5.41, 5.74) is 12.0. The van der Waals surface area contributed by atoms with E-state index in [2.05, 4.69) is 4.57 Å². The normalized spacial score (nSPS) is 10.7. The number of ether oxygens (including phenoxy) is 1. The largest absolute Gasteiger partial charge is 0.469 e. The van der Waals surface area contributed by atoms with Crippen LogP contribution in [0.4, 0.5) is 0 Å². The molecule has 0 fully saturated rings. The molecule has 5 nitrogen and oxygen atoms in total. The van der Waals surface area contributed by atoms with Crippen molar-refractivity contribution in [1.82, 2.24) is 4.57 Å². The number of carbonyl (C=O) groups excluding carboxylic acids is 2. The van der Waals surface area contributed by atoms with E-state index >= 15 is 0 Å². The Kier molecular flexibility index (Phi) is 6.17. The number of aryl methyl sites for hydroxylation is 1. The van der Waals surface area contributed by atoms with E-state index in [0.717, 1.165) is 33.6 Å². The van der Waals surface area contributed by atoms with E-state index in [1.54, 1.807) is 0 Å². The molecule has 0 radical (unpaired) electrons. The standard InChI is InChI=1S/C24H26N2O3/c1-16-9-11-19(12-10-16)23-20(13-14-21(27)29-3)26(17(2)22(23)24(25)28)15-18-7-5-4-6-8-18/h4-12H,13-15H2,1-3H3,(H2,25,28). The quantitative estimate of drug-likeness (QED) is 0.619. The maximum absolute atomic E-state index is 12.4. The van der Waals surface area contributed by atoms with Crippen LogP contribution in [0.15, 0.2) is 54.6 Å². The van der Waals surface area contributed by atoms with Gasteiger partial charge in [-0.2, -0.15) is 0 Å². The highest BCUT2D eigenvalue weighted by Gasteiger charge is 2.25. The SMILES string of the molecule is COC(=O)CCc1c(-c2ccc(C)cc2)c(C(N)=O)c(C)n1Cc1ccccc1. The summed E-state index contributed by atoms with van der Waals surface area (Å²) < 4.78 is 6.93. The Labute approximate surface area is 171 Å². The molecule has 1 aromatic heterocycles. The summed E-state index contributed by atoms with van der Waals surface area (Å²) in [7, 11) is 1.38. The number of nitrogens with zero attached hydrogens (tertiary/aromatic N) is 1. The molecule has 1 amide bonds.